The molecule has 2 amide bonds. The Morgan fingerprint density at radius 1 is 1.22 bits per heavy atom. The van der Waals surface area contributed by atoms with Crippen LogP contribution in [0.2, 0.25) is 0 Å². The van der Waals surface area contributed by atoms with Gasteiger partial charge in [-0.05, 0) is 26.9 Å². The molecule has 2 unspecified atom stereocenters. The number of rotatable bonds is 7. The summed E-state index contributed by atoms with van der Waals surface area (Å²) in [6, 6.07) is -1.20. The van der Waals surface area contributed by atoms with Crippen LogP contribution in [0.1, 0.15) is 27.7 Å². The number of likely N-dealkylation sites (N-methyl/N-ethyl adjacent to an activating group) is 2. The van der Waals surface area contributed by atoms with Gasteiger partial charge in [-0.1, -0.05) is 13.8 Å². The predicted octanol–water partition coefficient (Wildman–Crippen LogP) is 0.831. The zero-order valence-corrected chi connectivity index (χ0v) is 11.9. The summed E-state index contributed by atoms with van der Waals surface area (Å²) in [4.78, 5) is 26.0. The minimum Gasteiger partial charge on any atom is -0.480 e. The second-order valence-corrected chi connectivity index (χ2v) is 4.46. The molecule has 0 fully saturated rings. The minimum atomic E-state index is -1.01. The fourth-order valence-electron chi connectivity index (χ4n) is 1.57. The Bertz CT molecular complexity index is 280. The van der Waals surface area contributed by atoms with Crippen molar-refractivity contribution in [3.05, 3.63) is 0 Å². The zero-order chi connectivity index (χ0) is 14.3. The van der Waals surface area contributed by atoms with Crippen LogP contribution in [0.15, 0.2) is 0 Å². The second kappa shape index (κ2) is 7.92. The topological polar surface area (TPSA) is 72.9 Å². The zero-order valence-electron chi connectivity index (χ0n) is 11.9. The van der Waals surface area contributed by atoms with E-state index in [0.717, 1.165) is 19.6 Å². The number of hydrogen-bond acceptors (Lipinski definition) is 3. The lowest BCUT2D eigenvalue weighted by Gasteiger charge is -2.27. The van der Waals surface area contributed by atoms with Crippen molar-refractivity contribution in [2.24, 2.45) is 0 Å². The fraction of sp³-hybridized carbons (Fsp3) is 0.833. The van der Waals surface area contributed by atoms with Crippen LogP contribution in [0.25, 0.3) is 0 Å². The molecule has 0 bridgehead atoms. The molecule has 0 aromatic carbocycles. The second-order valence-electron chi connectivity index (χ2n) is 4.46. The number of nitrogens with zero attached hydrogens (tertiary/aromatic N) is 2. The molecule has 0 aliphatic rings. The molecule has 0 saturated carbocycles. The van der Waals surface area contributed by atoms with E-state index in [-0.39, 0.29) is 12.1 Å². The van der Waals surface area contributed by atoms with E-state index in [1.807, 2.05) is 6.92 Å². The number of hydrogen-bond donors (Lipinski definition) is 2. The first-order valence-electron chi connectivity index (χ1n) is 6.31. The third kappa shape index (κ3) is 5.35. The van der Waals surface area contributed by atoms with Crippen molar-refractivity contribution in [2.75, 3.05) is 26.7 Å². The van der Waals surface area contributed by atoms with Crippen molar-refractivity contribution in [3.63, 3.8) is 0 Å². The van der Waals surface area contributed by atoms with Gasteiger partial charge in [-0.2, -0.15) is 0 Å². The van der Waals surface area contributed by atoms with Crippen LogP contribution in [-0.4, -0.2) is 65.7 Å². The predicted molar refractivity (Wildman–Crippen MR) is 70.6 cm³/mol. The summed E-state index contributed by atoms with van der Waals surface area (Å²) in [5, 5.41) is 11.6. The fourth-order valence-corrected chi connectivity index (χ4v) is 1.57. The number of carboxylic acids is 1. The number of carbonyl (C=O) groups excluding carboxylic acids is 1. The van der Waals surface area contributed by atoms with E-state index in [9.17, 15) is 9.59 Å². The number of urea groups is 1. The average molecular weight is 259 g/mol. The first-order chi connectivity index (χ1) is 8.33. The first kappa shape index (κ1) is 16.7. The van der Waals surface area contributed by atoms with Crippen LogP contribution in [0.4, 0.5) is 4.79 Å². The molecule has 0 aromatic rings. The van der Waals surface area contributed by atoms with Crippen LogP contribution in [0, 0.1) is 0 Å². The number of carboxylic acid groups (broad SMARTS) is 1. The lowest BCUT2D eigenvalue weighted by atomic mass is 10.3. The van der Waals surface area contributed by atoms with Gasteiger partial charge in [0.05, 0.1) is 0 Å². The van der Waals surface area contributed by atoms with Crippen molar-refractivity contribution in [3.8, 4) is 0 Å². The summed E-state index contributed by atoms with van der Waals surface area (Å²) in [6.45, 7) is 10.1. The Hall–Kier alpha value is -1.30. The van der Waals surface area contributed by atoms with Crippen LogP contribution in [-0.2, 0) is 4.79 Å². The van der Waals surface area contributed by atoms with Gasteiger partial charge in [0.15, 0.2) is 0 Å². The van der Waals surface area contributed by atoms with E-state index < -0.39 is 12.0 Å². The summed E-state index contributed by atoms with van der Waals surface area (Å²) in [5.41, 5.74) is 0. The van der Waals surface area contributed by atoms with Gasteiger partial charge in [-0.25, -0.2) is 9.59 Å². The van der Waals surface area contributed by atoms with E-state index in [2.05, 4.69) is 24.1 Å². The van der Waals surface area contributed by atoms with Gasteiger partial charge in [0.2, 0.25) is 0 Å². The normalized spacial score (nSPS) is 14.1. The number of nitrogens with one attached hydrogen (secondary N) is 1. The molecule has 0 radical (unpaired) electrons. The van der Waals surface area contributed by atoms with Gasteiger partial charge in [0, 0.05) is 19.6 Å². The van der Waals surface area contributed by atoms with Gasteiger partial charge >= 0.3 is 12.0 Å². The molecular formula is C12H25N3O3. The Morgan fingerprint density at radius 3 is 2.11 bits per heavy atom. The monoisotopic (exact) mass is 259 g/mol. The lowest BCUT2D eigenvalue weighted by Crippen LogP contribution is -2.50. The van der Waals surface area contributed by atoms with Gasteiger partial charge in [0.25, 0.3) is 0 Å². The molecule has 6 heteroatoms. The Labute approximate surface area is 109 Å². The van der Waals surface area contributed by atoms with Gasteiger partial charge in [0.1, 0.15) is 6.04 Å². The Balaban J connectivity index is 4.26. The maximum absolute atomic E-state index is 11.8. The summed E-state index contributed by atoms with van der Waals surface area (Å²) >= 11 is 0. The highest BCUT2D eigenvalue weighted by atomic mass is 16.4. The smallest absolute Gasteiger partial charge is 0.326 e. The summed E-state index contributed by atoms with van der Waals surface area (Å²) < 4.78 is 0. The highest BCUT2D eigenvalue weighted by Crippen LogP contribution is 1.98. The molecular weight excluding hydrogens is 234 g/mol. The Kier molecular flexibility index (Phi) is 7.35. The summed E-state index contributed by atoms with van der Waals surface area (Å²) in [5.74, 6) is -1.01. The van der Waals surface area contributed by atoms with Crippen LogP contribution >= 0.6 is 0 Å². The first-order valence-corrected chi connectivity index (χ1v) is 6.31. The maximum Gasteiger partial charge on any atom is 0.326 e. The molecule has 0 spiro atoms. The Morgan fingerprint density at radius 2 is 1.72 bits per heavy atom. The molecule has 2 atom stereocenters. The quantitative estimate of drug-likeness (QED) is 0.710. The molecule has 2 N–H and O–H groups in total. The molecule has 106 valence electrons. The van der Waals surface area contributed by atoms with E-state index in [4.69, 9.17) is 5.11 Å². The van der Waals surface area contributed by atoms with Crippen molar-refractivity contribution in [2.45, 2.75) is 39.8 Å². The average Bonchev–Trinajstić information content (AvgIpc) is 2.33. The largest absolute Gasteiger partial charge is 0.480 e. The standard InChI is InChI=1S/C12H25N3O3/c1-6-15(7-2)8-9(3)13-12(18)14(5)10(4)11(16)17/h9-10H,6-8H2,1-5H3,(H,13,18)(H,16,17). The summed E-state index contributed by atoms with van der Waals surface area (Å²) in [6.07, 6.45) is 0. The van der Waals surface area contributed by atoms with E-state index in [0.29, 0.717) is 0 Å². The molecule has 0 heterocycles. The third-order valence-electron chi connectivity index (χ3n) is 3.06. The molecule has 0 aliphatic heterocycles. The van der Waals surface area contributed by atoms with Gasteiger partial charge in [-0.15, -0.1) is 0 Å². The van der Waals surface area contributed by atoms with Crippen LogP contribution < -0.4 is 5.32 Å². The molecule has 6 nitrogen and oxygen atoms in total. The van der Waals surface area contributed by atoms with Crippen molar-refractivity contribution < 1.29 is 14.7 Å². The van der Waals surface area contributed by atoms with Crippen molar-refractivity contribution in [1.82, 2.24) is 15.1 Å². The van der Waals surface area contributed by atoms with Gasteiger partial charge in [-0.3, -0.25) is 0 Å². The third-order valence-corrected chi connectivity index (χ3v) is 3.06. The van der Waals surface area contributed by atoms with Gasteiger partial charge < -0.3 is 20.2 Å². The molecule has 0 aromatic heterocycles. The SMILES string of the molecule is CCN(CC)CC(C)NC(=O)N(C)C(C)C(=O)O. The molecule has 0 saturated heterocycles. The summed E-state index contributed by atoms with van der Waals surface area (Å²) in [7, 11) is 1.48. The maximum atomic E-state index is 11.8. The van der Waals surface area contributed by atoms with E-state index >= 15 is 0 Å². The highest BCUT2D eigenvalue weighted by Gasteiger charge is 2.22. The number of carbonyl (C=O) groups is 2. The van der Waals surface area contributed by atoms with Crippen LogP contribution in [0.5, 0.6) is 0 Å². The molecule has 0 rings (SSSR count). The van der Waals surface area contributed by atoms with Crippen molar-refractivity contribution >= 4 is 12.0 Å². The molecule has 18 heavy (non-hydrogen) atoms. The van der Waals surface area contributed by atoms with Crippen molar-refractivity contribution in [1.29, 1.82) is 0 Å². The molecule has 0 aliphatic carbocycles. The number of amides is 2. The van der Waals surface area contributed by atoms with E-state index in [1.54, 1.807) is 0 Å². The number of aliphatic carboxylic acids is 1. The van der Waals surface area contributed by atoms with Crippen LogP contribution in [0.3, 0.4) is 0 Å². The lowest BCUT2D eigenvalue weighted by molar-refractivity contribution is -0.141. The van der Waals surface area contributed by atoms with E-state index in [1.165, 1.54) is 18.9 Å². The minimum absolute atomic E-state index is 0.0131. The highest BCUT2D eigenvalue weighted by molar-refractivity contribution is 5.82.